The van der Waals surface area contributed by atoms with Crippen molar-refractivity contribution in [2.24, 2.45) is 5.92 Å². The molecule has 1 heterocycles. The first-order valence-electron chi connectivity index (χ1n) is 12.2. The number of carbonyl (C=O) groups excluding carboxylic acids is 3. The first-order chi connectivity index (χ1) is 18.0. The molecule has 7 nitrogen and oxygen atoms in total. The lowest BCUT2D eigenvalue weighted by Crippen LogP contribution is -2.32. The second-order valence-corrected chi connectivity index (χ2v) is 10.0. The Morgan fingerprint density at radius 1 is 0.865 bits per heavy atom. The van der Waals surface area contributed by atoms with Crippen molar-refractivity contribution in [2.45, 2.75) is 30.6 Å². The van der Waals surface area contributed by atoms with Gasteiger partial charge in [0.25, 0.3) is 11.8 Å². The van der Waals surface area contributed by atoms with E-state index < -0.39 is 11.8 Å². The average molecular weight is 514 g/mol. The van der Waals surface area contributed by atoms with Gasteiger partial charge in [0.1, 0.15) is 16.4 Å². The number of anilines is 3. The topological polar surface area (TPSA) is 87.7 Å². The highest BCUT2D eigenvalue weighted by Gasteiger charge is 2.40. The standard InChI is InChI=1S/C29H27N3O4S/c1-36-23-15-11-20(12-16-23)30-25-26(29(35)32(28(25)34)22-9-3-2-4-10-22)37-24-17-13-21(14-18-24)31-27(33)19-7-5-6-8-19/h2-4,9-19,30H,5-8H2,1H3,(H,31,33). The molecule has 3 aromatic rings. The molecule has 0 unspecified atom stereocenters. The maximum absolute atomic E-state index is 13.5. The van der Waals surface area contributed by atoms with Crippen molar-refractivity contribution >= 4 is 46.5 Å². The third kappa shape index (κ3) is 5.39. The van der Waals surface area contributed by atoms with E-state index in [-0.39, 0.29) is 17.5 Å². The van der Waals surface area contributed by atoms with Gasteiger partial charge in [-0.3, -0.25) is 14.4 Å². The number of carbonyl (C=O) groups is 3. The number of hydrogen-bond donors (Lipinski definition) is 2. The molecule has 0 bridgehead atoms. The molecule has 3 amide bonds. The van der Waals surface area contributed by atoms with Gasteiger partial charge in [-0.05, 0) is 73.5 Å². The number of benzene rings is 3. The highest BCUT2D eigenvalue weighted by molar-refractivity contribution is 8.04. The third-order valence-electron chi connectivity index (χ3n) is 6.48. The fourth-order valence-electron chi connectivity index (χ4n) is 4.50. The number of rotatable bonds is 8. The van der Waals surface area contributed by atoms with Gasteiger partial charge in [0.05, 0.1) is 12.8 Å². The molecule has 1 saturated carbocycles. The Kier molecular flexibility index (Phi) is 7.28. The maximum atomic E-state index is 13.5. The van der Waals surface area contributed by atoms with Gasteiger partial charge in [-0.1, -0.05) is 42.8 Å². The van der Waals surface area contributed by atoms with Crippen LogP contribution in [0, 0.1) is 5.92 Å². The molecule has 3 aromatic carbocycles. The molecule has 0 radical (unpaired) electrons. The molecule has 2 aliphatic rings. The minimum Gasteiger partial charge on any atom is -0.497 e. The second-order valence-electron chi connectivity index (χ2n) is 8.94. The summed E-state index contributed by atoms with van der Waals surface area (Å²) in [5.74, 6) is 0.0123. The quantitative estimate of drug-likeness (QED) is 0.370. The number of nitrogens with zero attached hydrogens (tertiary/aromatic N) is 1. The molecule has 8 heteroatoms. The highest BCUT2D eigenvalue weighted by atomic mass is 32.2. The number of methoxy groups -OCH3 is 1. The molecule has 1 fully saturated rings. The number of imide groups is 1. The molecule has 0 aromatic heterocycles. The predicted molar refractivity (Wildman–Crippen MR) is 145 cm³/mol. The van der Waals surface area contributed by atoms with Crippen molar-refractivity contribution < 1.29 is 19.1 Å². The van der Waals surface area contributed by atoms with Gasteiger partial charge in [0.2, 0.25) is 5.91 Å². The Balaban J connectivity index is 1.39. The number of hydrogen-bond acceptors (Lipinski definition) is 6. The van der Waals surface area contributed by atoms with Crippen LogP contribution in [-0.4, -0.2) is 24.8 Å². The van der Waals surface area contributed by atoms with Crippen molar-refractivity contribution in [2.75, 3.05) is 22.6 Å². The summed E-state index contributed by atoms with van der Waals surface area (Å²) in [5, 5.41) is 6.13. The number of nitrogens with one attached hydrogen (secondary N) is 2. The minimum absolute atomic E-state index is 0.0571. The van der Waals surface area contributed by atoms with Crippen LogP contribution in [0.25, 0.3) is 0 Å². The van der Waals surface area contributed by atoms with E-state index in [1.807, 2.05) is 30.3 Å². The van der Waals surface area contributed by atoms with Crippen LogP contribution in [0.15, 0.2) is 94.4 Å². The lowest BCUT2D eigenvalue weighted by atomic mass is 10.1. The second kappa shape index (κ2) is 10.9. The summed E-state index contributed by atoms with van der Waals surface area (Å²) >= 11 is 1.22. The fourth-order valence-corrected chi connectivity index (χ4v) is 5.43. The minimum atomic E-state index is -0.421. The van der Waals surface area contributed by atoms with Gasteiger partial charge in [-0.25, -0.2) is 4.90 Å². The number of ether oxygens (including phenoxy) is 1. The van der Waals surface area contributed by atoms with Crippen LogP contribution in [0.2, 0.25) is 0 Å². The van der Waals surface area contributed by atoms with Gasteiger partial charge >= 0.3 is 0 Å². The number of para-hydroxylation sites is 1. The average Bonchev–Trinajstić information content (AvgIpc) is 3.54. The van der Waals surface area contributed by atoms with Gasteiger partial charge in [-0.15, -0.1) is 0 Å². The van der Waals surface area contributed by atoms with Crippen molar-refractivity contribution in [3.63, 3.8) is 0 Å². The molecule has 2 N–H and O–H groups in total. The van der Waals surface area contributed by atoms with Crippen LogP contribution >= 0.6 is 11.8 Å². The van der Waals surface area contributed by atoms with Crippen LogP contribution in [0.3, 0.4) is 0 Å². The molecular weight excluding hydrogens is 486 g/mol. The number of amides is 3. The van der Waals surface area contributed by atoms with Crippen LogP contribution in [0.4, 0.5) is 17.1 Å². The van der Waals surface area contributed by atoms with E-state index >= 15 is 0 Å². The van der Waals surface area contributed by atoms with E-state index in [1.54, 1.807) is 55.6 Å². The summed E-state index contributed by atoms with van der Waals surface area (Å²) in [5.41, 5.74) is 2.09. The maximum Gasteiger partial charge on any atom is 0.283 e. The van der Waals surface area contributed by atoms with Crippen molar-refractivity contribution in [3.8, 4) is 5.75 Å². The Labute approximate surface area is 219 Å². The van der Waals surface area contributed by atoms with Gasteiger partial charge in [-0.2, -0.15) is 0 Å². The molecule has 37 heavy (non-hydrogen) atoms. The molecule has 5 rings (SSSR count). The molecule has 1 aliphatic heterocycles. The summed E-state index contributed by atoms with van der Waals surface area (Å²) in [7, 11) is 1.59. The summed E-state index contributed by atoms with van der Waals surface area (Å²) in [6, 6.07) is 23.4. The van der Waals surface area contributed by atoms with Crippen LogP contribution < -0.4 is 20.3 Å². The fraction of sp³-hybridized carbons (Fsp3) is 0.207. The summed E-state index contributed by atoms with van der Waals surface area (Å²) < 4.78 is 5.22. The first-order valence-corrected chi connectivity index (χ1v) is 13.0. The summed E-state index contributed by atoms with van der Waals surface area (Å²) in [6.45, 7) is 0. The SMILES string of the molecule is COc1ccc(NC2=C(Sc3ccc(NC(=O)C4CCCC4)cc3)C(=O)N(c3ccccc3)C2=O)cc1. The molecule has 188 valence electrons. The Morgan fingerprint density at radius 2 is 1.51 bits per heavy atom. The Bertz CT molecular complexity index is 1330. The van der Waals surface area contributed by atoms with E-state index in [0.29, 0.717) is 27.7 Å². The highest BCUT2D eigenvalue weighted by Crippen LogP contribution is 2.38. The monoisotopic (exact) mass is 513 g/mol. The van der Waals surface area contributed by atoms with E-state index in [0.717, 1.165) is 30.6 Å². The summed E-state index contributed by atoms with van der Waals surface area (Å²) in [6.07, 6.45) is 4.07. The molecular formula is C29H27N3O4S. The zero-order valence-electron chi connectivity index (χ0n) is 20.4. The Hall–Kier alpha value is -4.04. The van der Waals surface area contributed by atoms with Crippen LogP contribution in [0.1, 0.15) is 25.7 Å². The number of thioether (sulfide) groups is 1. The first kappa shape index (κ1) is 24.6. The molecule has 0 saturated heterocycles. The van der Waals surface area contributed by atoms with Crippen LogP contribution in [-0.2, 0) is 14.4 Å². The third-order valence-corrected chi connectivity index (χ3v) is 7.57. The van der Waals surface area contributed by atoms with E-state index in [2.05, 4.69) is 10.6 Å². The largest absolute Gasteiger partial charge is 0.497 e. The lowest BCUT2D eigenvalue weighted by molar-refractivity contribution is -0.121. The predicted octanol–water partition coefficient (Wildman–Crippen LogP) is 5.81. The molecule has 0 atom stereocenters. The van der Waals surface area contributed by atoms with Gasteiger partial charge in [0.15, 0.2) is 0 Å². The normalized spacial score (nSPS) is 15.9. The zero-order valence-corrected chi connectivity index (χ0v) is 21.2. The van der Waals surface area contributed by atoms with E-state index in [9.17, 15) is 14.4 Å². The van der Waals surface area contributed by atoms with Gasteiger partial charge < -0.3 is 15.4 Å². The van der Waals surface area contributed by atoms with Crippen molar-refractivity contribution in [1.29, 1.82) is 0 Å². The van der Waals surface area contributed by atoms with Crippen LogP contribution in [0.5, 0.6) is 5.75 Å². The smallest absolute Gasteiger partial charge is 0.283 e. The van der Waals surface area contributed by atoms with Gasteiger partial charge in [0, 0.05) is 22.2 Å². The van der Waals surface area contributed by atoms with Crippen molar-refractivity contribution in [3.05, 3.63) is 89.5 Å². The summed E-state index contributed by atoms with van der Waals surface area (Å²) in [4.78, 5) is 41.7. The van der Waals surface area contributed by atoms with Crippen molar-refractivity contribution in [1.82, 2.24) is 0 Å². The lowest BCUT2D eigenvalue weighted by Gasteiger charge is -2.15. The Morgan fingerprint density at radius 3 is 2.16 bits per heavy atom. The van der Waals surface area contributed by atoms with E-state index in [4.69, 9.17) is 4.74 Å². The molecule has 1 aliphatic carbocycles. The zero-order chi connectivity index (χ0) is 25.8. The van der Waals surface area contributed by atoms with E-state index in [1.165, 1.54) is 16.7 Å². The molecule has 0 spiro atoms.